The molecular weight excluding hydrogens is 381 g/mol. The van der Waals surface area contributed by atoms with Crippen molar-refractivity contribution in [3.63, 3.8) is 0 Å². The van der Waals surface area contributed by atoms with Gasteiger partial charge in [-0.15, -0.1) is 0 Å². The van der Waals surface area contributed by atoms with Gasteiger partial charge in [0, 0.05) is 11.5 Å². The number of halogens is 3. The fourth-order valence-electron chi connectivity index (χ4n) is 4.52. The van der Waals surface area contributed by atoms with E-state index in [2.05, 4.69) is 0 Å². The SMILES string of the molecule is Cc1cc(OCc2ccc(C(F)(F)F)cc2)c(C)c2c1CC[C@H]1[C@H](C)C(=O)O[C@@H]21. The van der Waals surface area contributed by atoms with Gasteiger partial charge in [0.1, 0.15) is 18.5 Å². The van der Waals surface area contributed by atoms with E-state index in [1.165, 1.54) is 17.7 Å². The second-order valence-corrected chi connectivity index (χ2v) is 8.04. The van der Waals surface area contributed by atoms with Crippen LogP contribution in [0.2, 0.25) is 0 Å². The number of alkyl halides is 3. The van der Waals surface area contributed by atoms with Crippen LogP contribution in [0.5, 0.6) is 5.75 Å². The van der Waals surface area contributed by atoms with Gasteiger partial charge < -0.3 is 9.47 Å². The van der Waals surface area contributed by atoms with Crippen molar-refractivity contribution in [2.24, 2.45) is 11.8 Å². The quantitative estimate of drug-likeness (QED) is 0.616. The minimum atomic E-state index is -4.35. The molecule has 1 aliphatic carbocycles. The Morgan fingerprint density at radius 3 is 2.52 bits per heavy atom. The average molecular weight is 404 g/mol. The Labute approximate surface area is 167 Å². The third-order valence-electron chi connectivity index (χ3n) is 6.26. The number of fused-ring (bicyclic) bond motifs is 3. The fraction of sp³-hybridized carbons (Fsp3) is 0.435. The molecule has 1 fully saturated rings. The van der Waals surface area contributed by atoms with Crippen LogP contribution in [0.1, 0.15) is 52.8 Å². The standard InChI is InChI=1S/C23H23F3O3/c1-12-10-19(28-11-15-4-6-16(7-5-15)23(24,25)26)14(3)20-17(12)8-9-18-13(2)22(27)29-21(18)20/h4-7,10,13,18,21H,8-9,11H2,1-3H3/t13-,18-,21+/m0/s1. The Morgan fingerprint density at radius 1 is 1.17 bits per heavy atom. The van der Waals surface area contributed by atoms with Gasteiger partial charge in [-0.2, -0.15) is 13.2 Å². The molecule has 0 unspecified atom stereocenters. The predicted octanol–water partition coefficient (Wildman–Crippen LogP) is 5.70. The minimum Gasteiger partial charge on any atom is -0.489 e. The van der Waals surface area contributed by atoms with Crippen molar-refractivity contribution < 1.29 is 27.4 Å². The zero-order chi connectivity index (χ0) is 20.9. The molecule has 4 rings (SSSR count). The molecule has 0 saturated carbocycles. The highest BCUT2D eigenvalue weighted by atomic mass is 19.4. The Hall–Kier alpha value is -2.50. The van der Waals surface area contributed by atoms with Crippen molar-refractivity contribution in [1.82, 2.24) is 0 Å². The van der Waals surface area contributed by atoms with Gasteiger partial charge in [0.05, 0.1) is 11.5 Å². The van der Waals surface area contributed by atoms with Gasteiger partial charge in [0.15, 0.2) is 0 Å². The maximum atomic E-state index is 12.7. The van der Waals surface area contributed by atoms with Crippen LogP contribution in [0.3, 0.4) is 0 Å². The Bertz CT molecular complexity index is 947. The molecule has 0 aromatic heterocycles. The summed E-state index contributed by atoms with van der Waals surface area (Å²) >= 11 is 0. The zero-order valence-corrected chi connectivity index (χ0v) is 16.6. The molecule has 0 spiro atoms. The monoisotopic (exact) mass is 404 g/mol. The van der Waals surface area contributed by atoms with Crippen molar-refractivity contribution in [3.8, 4) is 5.75 Å². The van der Waals surface area contributed by atoms with E-state index in [9.17, 15) is 18.0 Å². The molecule has 1 heterocycles. The average Bonchev–Trinajstić information content (AvgIpc) is 2.97. The second-order valence-electron chi connectivity index (χ2n) is 8.04. The number of hydrogen-bond acceptors (Lipinski definition) is 3. The maximum absolute atomic E-state index is 12.7. The first-order valence-corrected chi connectivity index (χ1v) is 9.79. The maximum Gasteiger partial charge on any atom is 0.416 e. The number of hydrogen-bond donors (Lipinski definition) is 0. The summed E-state index contributed by atoms with van der Waals surface area (Å²) in [6.07, 6.45) is -2.76. The lowest BCUT2D eigenvalue weighted by Crippen LogP contribution is -2.22. The van der Waals surface area contributed by atoms with Crippen LogP contribution < -0.4 is 4.74 Å². The molecule has 2 aromatic carbocycles. The Kier molecular flexibility index (Phi) is 4.83. The number of aryl methyl sites for hydroxylation is 1. The van der Waals surface area contributed by atoms with E-state index in [4.69, 9.17) is 9.47 Å². The van der Waals surface area contributed by atoms with Gasteiger partial charge in [-0.25, -0.2) is 0 Å². The van der Waals surface area contributed by atoms with Crippen molar-refractivity contribution in [3.05, 3.63) is 63.7 Å². The van der Waals surface area contributed by atoms with Crippen molar-refractivity contribution in [1.29, 1.82) is 0 Å². The molecule has 6 heteroatoms. The summed E-state index contributed by atoms with van der Waals surface area (Å²) < 4.78 is 49.8. The van der Waals surface area contributed by atoms with Gasteiger partial charge in [0.25, 0.3) is 0 Å². The van der Waals surface area contributed by atoms with E-state index in [1.807, 2.05) is 26.8 Å². The normalized spacial score (nSPS) is 23.4. The molecule has 3 atom stereocenters. The number of carbonyl (C=O) groups excluding carboxylic acids is 1. The molecule has 2 aromatic rings. The van der Waals surface area contributed by atoms with E-state index in [0.29, 0.717) is 11.3 Å². The van der Waals surface area contributed by atoms with E-state index in [0.717, 1.165) is 41.7 Å². The van der Waals surface area contributed by atoms with Crippen LogP contribution in [-0.4, -0.2) is 5.97 Å². The number of esters is 1. The third-order valence-corrected chi connectivity index (χ3v) is 6.26. The molecular formula is C23H23F3O3. The number of ether oxygens (including phenoxy) is 2. The molecule has 0 bridgehead atoms. The fourth-order valence-corrected chi connectivity index (χ4v) is 4.52. The predicted molar refractivity (Wildman–Crippen MR) is 102 cm³/mol. The summed E-state index contributed by atoms with van der Waals surface area (Å²) in [6, 6.07) is 6.96. The Morgan fingerprint density at radius 2 is 1.86 bits per heavy atom. The highest BCUT2D eigenvalue weighted by molar-refractivity contribution is 5.76. The van der Waals surface area contributed by atoms with Crippen LogP contribution in [0, 0.1) is 25.7 Å². The van der Waals surface area contributed by atoms with Crippen LogP contribution in [0.4, 0.5) is 13.2 Å². The minimum absolute atomic E-state index is 0.107. The van der Waals surface area contributed by atoms with Crippen LogP contribution >= 0.6 is 0 Å². The first-order valence-electron chi connectivity index (χ1n) is 9.79. The second kappa shape index (κ2) is 7.08. The molecule has 3 nitrogen and oxygen atoms in total. The highest BCUT2D eigenvalue weighted by Gasteiger charge is 2.46. The molecule has 0 amide bonds. The van der Waals surface area contributed by atoms with Gasteiger partial charge in [0.2, 0.25) is 0 Å². The van der Waals surface area contributed by atoms with E-state index in [1.54, 1.807) is 0 Å². The van der Waals surface area contributed by atoms with Gasteiger partial charge in [-0.05, 0) is 67.1 Å². The van der Waals surface area contributed by atoms with Gasteiger partial charge in [-0.3, -0.25) is 4.79 Å². The zero-order valence-electron chi connectivity index (χ0n) is 16.6. The lowest BCUT2D eigenvalue weighted by molar-refractivity contribution is -0.144. The lowest BCUT2D eigenvalue weighted by Gasteiger charge is -2.31. The summed E-state index contributed by atoms with van der Waals surface area (Å²) in [7, 11) is 0. The first kappa shape index (κ1) is 19.8. The van der Waals surface area contributed by atoms with Gasteiger partial charge >= 0.3 is 12.1 Å². The van der Waals surface area contributed by atoms with E-state index < -0.39 is 11.7 Å². The highest BCUT2D eigenvalue weighted by Crippen LogP contribution is 2.49. The van der Waals surface area contributed by atoms with Crippen molar-refractivity contribution in [2.75, 3.05) is 0 Å². The lowest BCUT2D eigenvalue weighted by atomic mass is 9.74. The first-order chi connectivity index (χ1) is 13.7. The van der Waals surface area contributed by atoms with Crippen LogP contribution in [0.25, 0.3) is 0 Å². The topological polar surface area (TPSA) is 35.5 Å². The summed E-state index contributed by atoms with van der Waals surface area (Å²) in [5.74, 6) is 0.598. The summed E-state index contributed by atoms with van der Waals surface area (Å²) in [6.45, 7) is 6.07. The summed E-state index contributed by atoms with van der Waals surface area (Å²) in [5.41, 5.74) is 4.27. The summed E-state index contributed by atoms with van der Waals surface area (Å²) in [5, 5.41) is 0. The molecule has 0 N–H and O–H groups in total. The molecule has 2 aliphatic rings. The molecule has 29 heavy (non-hydrogen) atoms. The smallest absolute Gasteiger partial charge is 0.416 e. The third kappa shape index (κ3) is 3.49. The van der Waals surface area contributed by atoms with E-state index in [-0.39, 0.29) is 30.5 Å². The van der Waals surface area contributed by atoms with Gasteiger partial charge in [-0.1, -0.05) is 19.1 Å². The number of benzene rings is 2. The number of rotatable bonds is 3. The molecule has 0 radical (unpaired) electrons. The largest absolute Gasteiger partial charge is 0.489 e. The molecule has 1 aliphatic heterocycles. The molecule has 1 saturated heterocycles. The van der Waals surface area contributed by atoms with Crippen molar-refractivity contribution >= 4 is 5.97 Å². The number of carbonyl (C=O) groups is 1. The van der Waals surface area contributed by atoms with Crippen LogP contribution in [0.15, 0.2) is 30.3 Å². The van der Waals surface area contributed by atoms with Crippen LogP contribution in [-0.2, 0) is 28.7 Å². The van der Waals surface area contributed by atoms with Crippen molar-refractivity contribution in [2.45, 2.75) is 52.5 Å². The summed E-state index contributed by atoms with van der Waals surface area (Å²) in [4.78, 5) is 12.1. The van der Waals surface area contributed by atoms with E-state index >= 15 is 0 Å². The molecule has 154 valence electrons. The Balaban J connectivity index is 1.59.